The number of ketones is 1. The fourth-order valence-corrected chi connectivity index (χ4v) is 2.81. The van der Waals surface area contributed by atoms with Crippen molar-refractivity contribution in [2.75, 3.05) is 0 Å². The Hall–Kier alpha value is -1.89. The van der Waals surface area contributed by atoms with Gasteiger partial charge < -0.3 is 0 Å². The van der Waals surface area contributed by atoms with Crippen LogP contribution in [-0.4, -0.2) is 5.78 Å². The van der Waals surface area contributed by atoms with Crippen LogP contribution >= 0.6 is 0 Å². The molecule has 0 radical (unpaired) electrons. The number of hydrogen-bond acceptors (Lipinski definition) is 1. The summed E-state index contributed by atoms with van der Waals surface area (Å²) in [4.78, 5) is 11.6. The number of rotatable bonds is 2. The first-order valence-electron chi connectivity index (χ1n) is 6.39. The minimum atomic E-state index is -0.00531. The molecule has 0 heterocycles. The molecule has 0 N–H and O–H groups in total. The fraction of sp³-hybridized carbons (Fsp3) is 0.235. The van der Waals surface area contributed by atoms with Gasteiger partial charge in [-0.25, -0.2) is 0 Å². The van der Waals surface area contributed by atoms with E-state index in [0.29, 0.717) is 0 Å². The highest BCUT2D eigenvalue weighted by Gasteiger charge is 2.23. The molecule has 3 rings (SSSR count). The van der Waals surface area contributed by atoms with Gasteiger partial charge in [0.05, 0.1) is 0 Å². The molecule has 1 aliphatic rings. The summed E-state index contributed by atoms with van der Waals surface area (Å²) in [6.45, 7) is 3.67. The van der Waals surface area contributed by atoms with Crippen molar-refractivity contribution in [3.63, 3.8) is 0 Å². The van der Waals surface area contributed by atoms with Crippen LogP contribution in [0.3, 0.4) is 0 Å². The highest BCUT2D eigenvalue weighted by atomic mass is 16.1. The molecule has 0 spiro atoms. The van der Waals surface area contributed by atoms with Gasteiger partial charge in [-0.2, -0.15) is 0 Å². The third-order valence-electron chi connectivity index (χ3n) is 3.96. The van der Waals surface area contributed by atoms with Crippen LogP contribution in [0.25, 0.3) is 11.1 Å². The Morgan fingerprint density at radius 2 is 1.78 bits per heavy atom. The number of hydrogen-bond donors (Lipinski definition) is 0. The van der Waals surface area contributed by atoms with Gasteiger partial charge in [0.25, 0.3) is 0 Å². The van der Waals surface area contributed by atoms with Gasteiger partial charge in [-0.3, -0.25) is 4.79 Å². The molecular weight excluding hydrogens is 220 g/mol. The number of benzene rings is 2. The van der Waals surface area contributed by atoms with E-state index in [2.05, 4.69) is 42.5 Å². The zero-order valence-corrected chi connectivity index (χ0v) is 10.7. The normalized spacial score (nSPS) is 13.9. The molecule has 0 aliphatic heterocycles. The predicted molar refractivity (Wildman–Crippen MR) is 73.8 cm³/mol. The maximum absolute atomic E-state index is 11.6. The summed E-state index contributed by atoms with van der Waals surface area (Å²) in [6, 6.07) is 14.8. The number of fused-ring (bicyclic) bond motifs is 3. The lowest BCUT2D eigenvalue weighted by molar-refractivity contribution is -0.118. The minimum absolute atomic E-state index is 0.00531. The van der Waals surface area contributed by atoms with Gasteiger partial charge in [0, 0.05) is 5.92 Å². The molecule has 0 saturated heterocycles. The topological polar surface area (TPSA) is 17.1 Å². The van der Waals surface area contributed by atoms with Gasteiger partial charge in [0.2, 0.25) is 0 Å². The van der Waals surface area contributed by atoms with E-state index in [1.807, 2.05) is 6.92 Å². The molecule has 0 fully saturated rings. The van der Waals surface area contributed by atoms with Crippen LogP contribution < -0.4 is 0 Å². The van der Waals surface area contributed by atoms with Crippen molar-refractivity contribution in [1.29, 1.82) is 0 Å². The molecule has 1 aliphatic carbocycles. The molecule has 2 aromatic carbocycles. The molecule has 2 aromatic rings. The molecule has 18 heavy (non-hydrogen) atoms. The van der Waals surface area contributed by atoms with Crippen molar-refractivity contribution in [3.8, 4) is 11.1 Å². The summed E-state index contributed by atoms with van der Waals surface area (Å²) < 4.78 is 0. The largest absolute Gasteiger partial charge is 0.299 e. The molecule has 1 unspecified atom stereocenters. The second kappa shape index (κ2) is 4.09. The third kappa shape index (κ3) is 1.59. The van der Waals surface area contributed by atoms with Crippen molar-refractivity contribution in [1.82, 2.24) is 0 Å². The molecule has 0 amide bonds. The highest BCUT2D eigenvalue weighted by molar-refractivity contribution is 5.86. The maximum atomic E-state index is 11.6. The Morgan fingerprint density at radius 3 is 2.56 bits per heavy atom. The van der Waals surface area contributed by atoms with Crippen LogP contribution in [-0.2, 0) is 11.2 Å². The molecule has 1 heteroatoms. The zero-order valence-electron chi connectivity index (χ0n) is 10.7. The SMILES string of the molecule is CC(=O)C(C)c1cccc2c1Cc1ccccc1-2. The van der Waals surface area contributed by atoms with Gasteiger partial charge in [-0.1, -0.05) is 49.4 Å². The lowest BCUT2D eigenvalue weighted by Gasteiger charge is -2.13. The molecule has 0 bridgehead atoms. The van der Waals surface area contributed by atoms with Crippen molar-refractivity contribution >= 4 is 5.78 Å². The van der Waals surface area contributed by atoms with Crippen LogP contribution in [0.2, 0.25) is 0 Å². The maximum Gasteiger partial charge on any atom is 0.136 e. The fourth-order valence-electron chi connectivity index (χ4n) is 2.81. The second-order valence-corrected chi connectivity index (χ2v) is 5.04. The van der Waals surface area contributed by atoms with Crippen LogP contribution in [0.1, 0.15) is 36.5 Å². The van der Waals surface area contributed by atoms with E-state index in [1.165, 1.54) is 27.8 Å². The van der Waals surface area contributed by atoms with E-state index in [1.54, 1.807) is 6.92 Å². The Kier molecular flexibility index (Phi) is 2.55. The lowest BCUT2D eigenvalue weighted by Crippen LogP contribution is -2.07. The van der Waals surface area contributed by atoms with Gasteiger partial charge in [0.15, 0.2) is 0 Å². The quantitative estimate of drug-likeness (QED) is 0.658. The van der Waals surface area contributed by atoms with Crippen LogP contribution in [0.5, 0.6) is 0 Å². The zero-order chi connectivity index (χ0) is 12.7. The molecule has 0 aromatic heterocycles. The Balaban J connectivity index is 2.17. The summed E-state index contributed by atoms with van der Waals surface area (Å²) in [5, 5.41) is 0. The summed E-state index contributed by atoms with van der Waals surface area (Å²) in [5.74, 6) is 0.230. The van der Waals surface area contributed by atoms with Crippen molar-refractivity contribution in [3.05, 3.63) is 59.2 Å². The smallest absolute Gasteiger partial charge is 0.136 e. The standard InChI is InChI=1S/C17H16O/c1-11(12(2)18)14-8-5-9-16-15-7-4-3-6-13(15)10-17(14)16/h3-9,11H,10H2,1-2H3. The average molecular weight is 236 g/mol. The summed E-state index contributed by atoms with van der Waals surface area (Å²) >= 11 is 0. The first-order chi connectivity index (χ1) is 8.68. The van der Waals surface area contributed by atoms with Crippen LogP contribution in [0.4, 0.5) is 0 Å². The monoisotopic (exact) mass is 236 g/mol. The van der Waals surface area contributed by atoms with E-state index in [9.17, 15) is 4.79 Å². The molecule has 90 valence electrons. The van der Waals surface area contributed by atoms with Crippen molar-refractivity contribution < 1.29 is 4.79 Å². The van der Waals surface area contributed by atoms with Crippen LogP contribution in [0, 0.1) is 0 Å². The van der Waals surface area contributed by atoms with Gasteiger partial charge in [-0.15, -0.1) is 0 Å². The van der Waals surface area contributed by atoms with Gasteiger partial charge in [0.1, 0.15) is 5.78 Å². The number of Topliss-reactive ketones (excluding diaryl/α,β-unsaturated/α-hetero) is 1. The van der Waals surface area contributed by atoms with Crippen molar-refractivity contribution in [2.45, 2.75) is 26.2 Å². The Bertz CT molecular complexity index is 625. The first-order valence-corrected chi connectivity index (χ1v) is 6.39. The third-order valence-corrected chi connectivity index (χ3v) is 3.96. The highest BCUT2D eigenvalue weighted by Crippen LogP contribution is 2.40. The van der Waals surface area contributed by atoms with E-state index in [-0.39, 0.29) is 11.7 Å². The van der Waals surface area contributed by atoms with E-state index < -0.39 is 0 Å². The predicted octanol–water partition coefficient (Wildman–Crippen LogP) is 3.95. The van der Waals surface area contributed by atoms with Crippen LogP contribution in [0.15, 0.2) is 42.5 Å². The van der Waals surface area contributed by atoms with E-state index in [4.69, 9.17) is 0 Å². The van der Waals surface area contributed by atoms with E-state index in [0.717, 1.165) is 6.42 Å². The van der Waals surface area contributed by atoms with Gasteiger partial charge in [-0.05, 0) is 41.2 Å². The van der Waals surface area contributed by atoms with Gasteiger partial charge >= 0.3 is 0 Å². The summed E-state index contributed by atoms with van der Waals surface area (Å²) in [5.41, 5.74) is 6.52. The molecule has 0 saturated carbocycles. The Morgan fingerprint density at radius 1 is 1.06 bits per heavy atom. The second-order valence-electron chi connectivity index (χ2n) is 5.04. The first kappa shape index (κ1) is 11.2. The molecule has 1 atom stereocenters. The van der Waals surface area contributed by atoms with Crippen molar-refractivity contribution in [2.24, 2.45) is 0 Å². The number of carbonyl (C=O) groups excluding carboxylic acids is 1. The molecular formula is C17H16O. The Labute approximate surface area is 107 Å². The lowest BCUT2D eigenvalue weighted by atomic mass is 9.90. The summed E-state index contributed by atoms with van der Waals surface area (Å²) in [7, 11) is 0. The van der Waals surface area contributed by atoms with E-state index >= 15 is 0 Å². The average Bonchev–Trinajstić information content (AvgIpc) is 2.76. The number of carbonyl (C=O) groups is 1. The minimum Gasteiger partial charge on any atom is -0.299 e. The summed E-state index contributed by atoms with van der Waals surface area (Å²) in [6.07, 6.45) is 0.958. The molecule has 1 nitrogen and oxygen atoms in total.